The molecule has 3 rings (SSSR count). The molecule has 0 radical (unpaired) electrons. The van der Waals surface area contributed by atoms with E-state index in [-0.39, 0.29) is 29.5 Å². The van der Waals surface area contributed by atoms with Crippen molar-refractivity contribution in [1.82, 2.24) is 9.97 Å². The first-order valence-corrected chi connectivity index (χ1v) is 15.4. The molecular formula is C18H23Cl3N6O2Pt2S-4. The van der Waals surface area contributed by atoms with E-state index in [1.807, 2.05) is 25.1 Å². The van der Waals surface area contributed by atoms with Gasteiger partial charge >= 0.3 is 56.4 Å². The van der Waals surface area contributed by atoms with Crippen LogP contribution in [-0.4, -0.2) is 24.6 Å². The first kappa shape index (κ1) is 38.8. The third kappa shape index (κ3) is 11.1. The van der Waals surface area contributed by atoms with Crippen molar-refractivity contribution in [2.75, 3.05) is 6.26 Å². The number of hydrogen-bond acceptors (Lipinski definition) is 4. The van der Waals surface area contributed by atoms with Crippen LogP contribution < -0.4 is 0 Å². The Labute approximate surface area is 225 Å². The molecule has 2 heterocycles. The average molecular weight is 884 g/mol. The molecule has 0 atom stereocenters. The van der Waals surface area contributed by atoms with Gasteiger partial charge in [-0.1, -0.05) is 23.7 Å². The van der Waals surface area contributed by atoms with Gasteiger partial charge in [0.1, 0.15) is 0 Å². The quantitative estimate of drug-likeness (QED) is 0.255. The maximum Gasteiger partial charge on any atom is -0.693 e. The summed E-state index contributed by atoms with van der Waals surface area (Å²) in [6.07, 6.45) is 4.54. The number of rotatable bonds is 3. The van der Waals surface area contributed by atoms with Crippen LogP contribution in [0.1, 0.15) is 5.69 Å². The van der Waals surface area contributed by atoms with Gasteiger partial charge < -0.3 is 24.6 Å². The van der Waals surface area contributed by atoms with Crippen molar-refractivity contribution < 1.29 is 46.0 Å². The number of pyridine rings is 2. The predicted octanol–water partition coefficient (Wildman–Crippen LogP) is 8.42. The fraction of sp³-hybridized carbons (Fsp3) is 0.111. The van der Waals surface area contributed by atoms with E-state index in [1.165, 1.54) is 6.26 Å². The van der Waals surface area contributed by atoms with Crippen LogP contribution in [0.4, 0.5) is 0 Å². The molecule has 1 aromatic carbocycles. The van der Waals surface area contributed by atoms with Gasteiger partial charge in [-0.25, -0.2) is 8.42 Å². The van der Waals surface area contributed by atoms with E-state index in [1.54, 1.807) is 74.2 Å². The topological polar surface area (TPSA) is 194 Å². The van der Waals surface area contributed by atoms with Gasteiger partial charge in [-0.05, 0) is 42.8 Å². The molecule has 0 unspecified atom stereocenters. The van der Waals surface area contributed by atoms with Crippen molar-refractivity contribution in [3.05, 3.63) is 90.2 Å². The summed E-state index contributed by atoms with van der Waals surface area (Å²) in [4.78, 5) is 9.02. The Balaban J connectivity index is -0.000000464. The first-order valence-electron chi connectivity index (χ1n) is 7.47. The average Bonchev–Trinajstić information content (AvgIpc) is 2.71. The molecule has 32 heavy (non-hydrogen) atoms. The minimum atomic E-state index is -3.23. The summed E-state index contributed by atoms with van der Waals surface area (Å²) in [6.45, 7) is 1.92. The van der Waals surface area contributed by atoms with Gasteiger partial charge in [0.05, 0.1) is 15.6 Å². The Kier molecular flexibility index (Phi) is 22.9. The zero-order valence-electron chi connectivity index (χ0n) is 16.9. The zero-order chi connectivity index (χ0) is 21.3. The molecule has 0 aliphatic rings. The molecule has 8 N–H and O–H groups in total. The van der Waals surface area contributed by atoms with Gasteiger partial charge in [0.25, 0.3) is 0 Å². The molecule has 2 aromatic heterocycles. The van der Waals surface area contributed by atoms with E-state index in [9.17, 15) is 8.42 Å². The summed E-state index contributed by atoms with van der Waals surface area (Å²) in [5, 5.41) is 0.515. The van der Waals surface area contributed by atoms with Crippen LogP contribution in [0.3, 0.4) is 0 Å². The number of benzene rings is 1. The van der Waals surface area contributed by atoms with Crippen LogP contribution in [0, 0.1) is 6.92 Å². The number of nitrogens with zero attached hydrogens (tertiary/aromatic N) is 2. The van der Waals surface area contributed by atoms with E-state index < -0.39 is 9.84 Å². The predicted molar refractivity (Wildman–Crippen MR) is 129 cm³/mol. The minimum Gasteiger partial charge on any atom is -0.693 e. The second kappa shape index (κ2) is 18.9. The SMILES string of the molecule is Cc1ccc(-c2ncc(Cl)cc2-c2ccc(S(C)(=O)=O)cc2)cn1.[Cl][Pt].[Cl][Pt].[NH2-].[NH2-].[NH2-].[NH2-]. The summed E-state index contributed by atoms with van der Waals surface area (Å²) in [6, 6.07) is 12.4. The summed E-state index contributed by atoms with van der Waals surface area (Å²) < 4.78 is 23.2. The van der Waals surface area contributed by atoms with E-state index in [2.05, 4.69) is 28.8 Å². The first-order chi connectivity index (χ1) is 13.3. The molecule has 0 bridgehead atoms. The number of halogens is 3. The normalized spacial score (nSPS) is 9.03. The standard InChI is InChI=1S/C18H15ClN2O2S.2ClH.4H2N.2Pt/c1-12-3-4-14(10-20-12)18-17(9-15(19)11-21-18)13-5-7-16(8-6-13)24(2,22)23;;;;;;;;/h3-11H,1-2H3;2*1H;4*1H2;;/q;;;4*-1;2*+1/p-2. The van der Waals surface area contributed by atoms with E-state index in [4.69, 9.17) is 11.6 Å². The molecule has 0 saturated carbocycles. The molecule has 0 amide bonds. The number of nitrogens with two attached hydrogens (primary N) is 4. The van der Waals surface area contributed by atoms with Crippen molar-refractivity contribution in [3.63, 3.8) is 0 Å². The van der Waals surface area contributed by atoms with Gasteiger partial charge in [0.2, 0.25) is 0 Å². The molecule has 8 nitrogen and oxygen atoms in total. The van der Waals surface area contributed by atoms with Crippen LogP contribution in [0.15, 0.2) is 59.8 Å². The Morgan fingerprint density at radius 3 is 1.72 bits per heavy atom. The van der Waals surface area contributed by atoms with Crippen molar-refractivity contribution in [2.24, 2.45) is 0 Å². The second-order valence-corrected chi connectivity index (χ2v) is 7.99. The monoisotopic (exact) mass is 882 g/mol. The van der Waals surface area contributed by atoms with Crippen molar-refractivity contribution in [3.8, 4) is 22.4 Å². The largest absolute Gasteiger partial charge is 0.693 e. The maximum atomic E-state index is 11.6. The molecule has 0 aliphatic heterocycles. The van der Waals surface area contributed by atoms with Crippen molar-refractivity contribution in [2.45, 2.75) is 11.8 Å². The summed E-state index contributed by atoms with van der Waals surface area (Å²) in [5.74, 6) is 0. The van der Waals surface area contributed by atoms with Gasteiger partial charge in [-0.15, -0.1) is 0 Å². The van der Waals surface area contributed by atoms with Gasteiger partial charge in [0, 0.05) is 35.5 Å². The van der Waals surface area contributed by atoms with E-state index >= 15 is 0 Å². The van der Waals surface area contributed by atoms with Crippen LogP contribution in [-0.2, 0) is 47.4 Å². The summed E-state index contributed by atoms with van der Waals surface area (Å²) in [7, 11) is 5.99. The third-order valence-electron chi connectivity index (χ3n) is 3.63. The van der Waals surface area contributed by atoms with E-state index in [0.29, 0.717) is 5.02 Å². The Morgan fingerprint density at radius 2 is 1.28 bits per heavy atom. The Bertz CT molecular complexity index is 1010. The molecular weight excluding hydrogens is 861 g/mol. The molecule has 0 spiro atoms. The van der Waals surface area contributed by atoms with Crippen LogP contribution in [0.2, 0.25) is 5.02 Å². The summed E-state index contributed by atoms with van der Waals surface area (Å²) >= 11 is 9.33. The molecule has 0 aliphatic carbocycles. The zero-order valence-corrected chi connectivity index (χ0v) is 24.5. The van der Waals surface area contributed by atoms with Gasteiger partial charge in [0.15, 0.2) is 9.84 Å². The van der Waals surface area contributed by atoms with E-state index in [0.717, 1.165) is 28.1 Å². The maximum absolute atomic E-state index is 11.6. The van der Waals surface area contributed by atoms with Gasteiger partial charge in [-0.3, -0.25) is 9.97 Å². The van der Waals surface area contributed by atoms with Crippen molar-refractivity contribution >= 4 is 40.3 Å². The molecule has 3 aromatic rings. The van der Waals surface area contributed by atoms with Gasteiger partial charge in [-0.2, -0.15) is 0 Å². The Morgan fingerprint density at radius 1 is 0.781 bits per heavy atom. The van der Waals surface area contributed by atoms with Crippen LogP contribution in [0.25, 0.3) is 47.0 Å². The fourth-order valence-corrected chi connectivity index (χ4v) is 3.17. The second-order valence-electron chi connectivity index (χ2n) is 5.53. The van der Waals surface area contributed by atoms with Crippen LogP contribution >= 0.6 is 30.4 Å². The number of aryl methyl sites for hydroxylation is 1. The number of sulfone groups is 1. The minimum absolute atomic E-state index is 0. The Hall–Kier alpha value is -0.443. The molecule has 188 valence electrons. The molecule has 0 saturated heterocycles. The number of aromatic nitrogens is 2. The van der Waals surface area contributed by atoms with Crippen molar-refractivity contribution in [1.29, 1.82) is 0 Å². The fourth-order valence-electron chi connectivity index (χ4n) is 2.38. The van der Waals surface area contributed by atoms with Crippen LogP contribution in [0.5, 0.6) is 0 Å². The molecule has 0 fully saturated rings. The third-order valence-corrected chi connectivity index (χ3v) is 4.97. The molecule has 14 heteroatoms. The smallest absolute Gasteiger partial charge is 0.693 e. The number of hydrogen-bond donors (Lipinski definition) is 0. The summed E-state index contributed by atoms with van der Waals surface area (Å²) in [5.41, 5.74) is 4.21.